The molecule has 1 amide bonds. The second-order valence-corrected chi connectivity index (χ2v) is 5.03. The van der Waals surface area contributed by atoms with Crippen LogP contribution in [-0.2, 0) is 11.3 Å². The number of likely N-dealkylation sites (tertiary alicyclic amines) is 1. The molecule has 1 aromatic rings. The first kappa shape index (κ1) is 13.1. The van der Waals surface area contributed by atoms with Crippen LogP contribution < -0.4 is 5.32 Å². The van der Waals surface area contributed by atoms with Crippen LogP contribution in [0.3, 0.4) is 0 Å². The van der Waals surface area contributed by atoms with Crippen LogP contribution >= 0.6 is 0 Å². The topological polar surface area (TPSA) is 50.2 Å². The predicted octanol–water partition coefficient (Wildman–Crippen LogP) is 1.17. The van der Waals surface area contributed by atoms with E-state index in [1.165, 1.54) is 5.56 Å². The average molecular weight is 250 g/mol. The first-order valence-corrected chi connectivity index (χ1v) is 6.62. The van der Waals surface area contributed by atoms with E-state index in [9.17, 15) is 4.79 Å². The Balaban J connectivity index is 1.91. The van der Waals surface area contributed by atoms with Gasteiger partial charge in [-0.15, -0.1) is 0 Å². The van der Waals surface area contributed by atoms with Gasteiger partial charge in [-0.2, -0.15) is 5.10 Å². The van der Waals surface area contributed by atoms with E-state index in [-0.39, 0.29) is 11.9 Å². The molecule has 1 aliphatic rings. The zero-order valence-corrected chi connectivity index (χ0v) is 11.4. The van der Waals surface area contributed by atoms with Gasteiger partial charge in [0.1, 0.15) is 0 Å². The van der Waals surface area contributed by atoms with Crippen LogP contribution in [0.15, 0.2) is 12.4 Å². The quantitative estimate of drug-likeness (QED) is 0.873. The second-order valence-electron chi connectivity index (χ2n) is 5.03. The van der Waals surface area contributed by atoms with Crippen molar-refractivity contribution in [2.24, 2.45) is 0 Å². The minimum absolute atomic E-state index is 0.250. The standard InChI is InChI=1S/C13H22N4O/c1-4-17-8-11(7-14-17)10(2)15-12-5-6-13(18)16(3)9-12/h7-8,10,12,15H,4-6,9H2,1-3H3. The molecule has 5 heteroatoms. The molecule has 0 spiro atoms. The summed E-state index contributed by atoms with van der Waals surface area (Å²) >= 11 is 0. The third kappa shape index (κ3) is 2.90. The van der Waals surface area contributed by atoms with Crippen molar-refractivity contribution in [3.63, 3.8) is 0 Å². The number of amides is 1. The van der Waals surface area contributed by atoms with Crippen molar-refractivity contribution < 1.29 is 4.79 Å². The van der Waals surface area contributed by atoms with Crippen molar-refractivity contribution in [1.82, 2.24) is 20.0 Å². The van der Waals surface area contributed by atoms with Gasteiger partial charge in [-0.3, -0.25) is 9.48 Å². The largest absolute Gasteiger partial charge is 0.344 e. The Labute approximate surface area is 108 Å². The SMILES string of the molecule is CCn1cc(C(C)NC2CCC(=O)N(C)C2)cn1. The fourth-order valence-corrected chi connectivity index (χ4v) is 2.37. The fourth-order valence-electron chi connectivity index (χ4n) is 2.37. The van der Waals surface area contributed by atoms with Crippen molar-refractivity contribution in [2.75, 3.05) is 13.6 Å². The maximum atomic E-state index is 11.4. The number of aryl methyl sites for hydroxylation is 1. The number of rotatable bonds is 4. The molecule has 0 saturated carbocycles. The number of carbonyl (C=O) groups is 1. The van der Waals surface area contributed by atoms with Crippen molar-refractivity contribution in [2.45, 2.75) is 45.3 Å². The highest BCUT2D eigenvalue weighted by Gasteiger charge is 2.24. The van der Waals surface area contributed by atoms with Gasteiger partial charge in [0.15, 0.2) is 0 Å². The third-order valence-electron chi connectivity index (χ3n) is 3.59. The number of piperidine rings is 1. The van der Waals surface area contributed by atoms with Gasteiger partial charge in [0.2, 0.25) is 5.91 Å². The minimum Gasteiger partial charge on any atom is -0.344 e. The molecule has 1 aromatic heterocycles. The highest BCUT2D eigenvalue weighted by Crippen LogP contribution is 2.16. The lowest BCUT2D eigenvalue weighted by atomic mass is 10.0. The van der Waals surface area contributed by atoms with Crippen molar-refractivity contribution >= 4 is 5.91 Å². The Bertz CT molecular complexity index is 415. The molecular formula is C13H22N4O. The molecule has 1 fully saturated rings. The molecule has 0 aliphatic carbocycles. The van der Waals surface area contributed by atoms with Gasteiger partial charge in [-0.05, 0) is 20.3 Å². The normalized spacial score (nSPS) is 22.3. The van der Waals surface area contributed by atoms with Crippen LogP contribution in [-0.4, -0.2) is 40.2 Å². The van der Waals surface area contributed by atoms with Crippen LogP contribution in [0.25, 0.3) is 0 Å². The molecule has 1 saturated heterocycles. The first-order valence-electron chi connectivity index (χ1n) is 6.62. The molecule has 2 unspecified atom stereocenters. The molecule has 2 atom stereocenters. The molecular weight excluding hydrogens is 228 g/mol. The lowest BCUT2D eigenvalue weighted by Crippen LogP contribution is -2.47. The van der Waals surface area contributed by atoms with Gasteiger partial charge in [0.05, 0.1) is 6.20 Å². The van der Waals surface area contributed by atoms with Crippen LogP contribution in [0.1, 0.15) is 38.3 Å². The molecule has 0 radical (unpaired) electrons. The lowest BCUT2D eigenvalue weighted by Gasteiger charge is -2.32. The lowest BCUT2D eigenvalue weighted by molar-refractivity contribution is -0.132. The summed E-state index contributed by atoms with van der Waals surface area (Å²) in [6, 6.07) is 0.657. The number of hydrogen-bond donors (Lipinski definition) is 1. The number of likely N-dealkylation sites (N-methyl/N-ethyl adjacent to an activating group) is 1. The summed E-state index contributed by atoms with van der Waals surface area (Å²) in [5, 5.41) is 7.86. The molecule has 0 bridgehead atoms. The number of aromatic nitrogens is 2. The second kappa shape index (κ2) is 5.52. The van der Waals surface area contributed by atoms with Crippen molar-refractivity contribution in [1.29, 1.82) is 0 Å². The Morgan fingerprint density at radius 2 is 2.39 bits per heavy atom. The van der Waals surface area contributed by atoms with E-state index in [1.807, 2.05) is 22.8 Å². The van der Waals surface area contributed by atoms with Crippen molar-refractivity contribution in [3.05, 3.63) is 18.0 Å². The Kier molecular flexibility index (Phi) is 4.01. The Hall–Kier alpha value is -1.36. The van der Waals surface area contributed by atoms with E-state index in [0.29, 0.717) is 12.5 Å². The van der Waals surface area contributed by atoms with Gasteiger partial charge < -0.3 is 10.2 Å². The monoisotopic (exact) mass is 250 g/mol. The summed E-state index contributed by atoms with van der Waals surface area (Å²) in [6.45, 7) is 5.92. The highest BCUT2D eigenvalue weighted by molar-refractivity contribution is 5.76. The summed E-state index contributed by atoms with van der Waals surface area (Å²) in [5.74, 6) is 0.250. The minimum atomic E-state index is 0.250. The van der Waals surface area contributed by atoms with Crippen LogP contribution in [0, 0.1) is 0 Å². The number of hydrogen-bond acceptors (Lipinski definition) is 3. The smallest absolute Gasteiger partial charge is 0.222 e. The van der Waals surface area contributed by atoms with Gasteiger partial charge in [0.25, 0.3) is 0 Å². The van der Waals surface area contributed by atoms with E-state index < -0.39 is 0 Å². The molecule has 2 heterocycles. The molecule has 1 N–H and O–H groups in total. The van der Waals surface area contributed by atoms with E-state index >= 15 is 0 Å². The highest BCUT2D eigenvalue weighted by atomic mass is 16.2. The number of nitrogens with one attached hydrogen (secondary N) is 1. The van der Waals surface area contributed by atoms with Crippen LogP contribution in [0.5, 0.6) is 0 Å². The third-order valence-corrected chi connectivity index (χ3v) is 3.59. The average Bonchev–Trinajstić information content (AvgIpc) is 2.82. The van der Waals surface area contributed by atoms with E-state index in [4.69, 9.17) is 0 Å². The summed E-state index contributed by atoms with van der Waals surface area (Å²) in [5.41, 5.74) is 1.21. The van der Waals surface area contributed by atoms with E-state index in [0.717, 1.165) is 19.5 Å². The van der Waals surface area contributed by atoms with Gasteiger partial charge in [0, 0.05) is 50.4 Å². The van der Waals surface area contributed by atoms with E-state index in [2.05, 4.69) is 30.5 Å². The van der Waals surface area contributed by atoms with Gasteiger partial charge in [-0.1, -0.05) is 0 Å². The molecule has 2 rings (SSSR count). The number of carbonyl (C=O) groups excluding carboxylic acids is 1. The first-order chi connectivity index (χ1) is 8.60. The molecule has 18 heavy (non-hydrogen) atoms. The zero-order valence-electron chi connectivity index (χ0n) is 11.4. The number of nitrogens with zero attached hydrogens (tertiary/aromatic N) is 3. The van der Waals surface area contributed by atoms with Crippen LogP contribution in [0.4, 0.5) is 0 Å². The predicted molar refractivity (Wildman–Crippen MR) is 70.1 cm³/mol. The van der Waals surface area contributed by atoms with E-state index in [1.54, 1.807) is 0 Å². The fraction of sp³-hybridized carbons (Fsp3) is 0.692. The summed E-state index contributed by atoms with van der Waals surface area (Å²) < 4.78 is 1.93. The zero-order chi connectivity index (χ0) is 13.1. The Morgan fingerprint density at radius 3 is 3.00 bits per heavy atom. The molecule has 0 aromatic carbocycles. The van der Waals surface area contributed by atoms with Crippen LogP contribution in [0.2, 0.25) is 0 Å². The summed E-state index contributed by atoms with van der Waals surface area (Å²) in [7, 11) is 1.87. The molecule has 100 valence electrons. The van der Waals surface area contributed by atoms with Gasteiger partial charge in [-0.25, -0.2) is 0 Å². The van der Waals surface area contributed by atoms with Gasteiger partial charge >= 0.3 is 0 Å². The maximum Gasteiger partial charge on any atom is 0.222 e. The molecule has 5 nitrogen and oxygen atoms in total. The maximum absolute atomic E-state index is 11.4. The molecule has 1 aliphatic heterocycles. The Morgan fingerprint density at radius 1 is 1.61 bits per heavy atom. The summed E-state index contributed by atoms with van der Waals surface area (Å²) in [4.78, 5) is 13.2. The van der Waals surface area contributed by atoms with Crippen molar-refractivity contribution in [3.8, 4) is 0 Å². The summed E-state index contributed by atoms with van der Waals surface area (Å²) in [6.07, 6.45) is 5.57.